The number of piperazine rings is 1. The summed E-state index contributed by atoms with van der Waals surface area (Å²) in [6.45, 7) is 3.15. The molecule has 6 nitrogen and oxygen atoms in total. The smallest absolute Gasteiger partial charge is 0.274 e. The van der Waals surface area contributed by atoms with Gasteiger partial charge in [-0.05, 0) is 25.2 Å². The number of amides is 1. The third-order valence-electron chi connectivity index (χ3n) is 3.80. The van der Waals surface area contributed by atoms with Crippen LogP contribution in [0.1, 0.15) is 10.5 Å². The zero-order valence-corrected chi connectivity index (χ0v) is 14.7. The van der Waals surface area contributed by atoms with Crippen molar-refractivity contribution in [1.29, 1.82) is 0 Å². The quantitative estimate of drug-likeness (QED) is 0.905. The molecule has 2 heterocycles. The largest absolute Gasteiger partial charge is 0.339 e. The van der Waals surface area contributed by atoms with E-state index < -0.39 is 0 Å². The van der Waals surface area contributed by atoms with Crippen molar-refractivity contribution in [3.8, 4) is 0 Å². The number of anilines is 2. The van der Waals surface area contributed by atoms with Crippen molar-refractivity contribution in [2.24, 2.45) is 0 Å². The number of halogens is 2. The lowest BCUT2D eigenvalue weighted by Crippen LogP contribution is -2.47. The summed E-state index contributed by atoms with van der Waals surface area (Å²) in [4.78, 5) is 24.9. The standard InChI is InChI=1S/C16H17Cl2N5O/c1-22-2-4-23(5-3-22)16(24)14-9-20-15(10-19-14)21-13-7-11(17)6-12(18)8-13/h6-10H,2-5H2,1H3,(H,20,21). The SMILES string of the molecule is CN1CCN(C(=O)c2cnc(Nc3cc(Cl)cc(Cl)c3)cn2)CC1. The van der Waals surface area contributed by atoms with Gasteiger partial charge in [0.05, 0.1) is 12.4 Å². The first-order valence-corrected chi connectivity index (χ1v) is 8.30. The lowest BCUT2D eigenvalue weighted by Gasteiger charge is -2.32. The summed E-state index contributed by atoms with van der Waals surface area (Å²) in [6, 6.07) is 5.12. The second-order valence-corrected chi connectivity index (χ2v) is 6.54. The van der Waals surface area contributed by atoms with Crippen LogP contribution in [0.4, 0.5) is 11.5 Å². The fourth-order valence-corrected chi connectivity index (χ4v) is 2.97. The number of hydrogen-bond acceptors (Lipinski definition) is 5. The first-order valence-electron chi connectivity index (χ1n) is 7.54. The molecule has 0 atom stereocenters. The molecule has 1 N–H and O–H groups in total. The van der Waals surface area contributed by atoms with Crippen LogP contribution in [0.2, 0.25) is 10.0 Å². The van der Waals surface area contributed by atoms with Gasteiger partial charge < -0.3 is 15.1 Å². The Hall–Kier alpha value is -1.89. The Kier molecular flexibility index (Phi) is 5.18. The highest BCUT2D eigenvalue weighted by atomic mass is 35.5. The summed E-state index contributed by atoms with van der Waals surface area (Å²) in [5.74, 6) is 0.427. The number of hydrogen-bond donors (Lipinski definition) is 1. The molecule has 1 fully saturated rings. The summed E-state index contributed by atoms with van der Waals surface area (Å²) in [6.07, 6.45) is 3.01. The summed E-state index contributed by atoms with van der Waals surface area (Å²) in [5, 5.41) is 4.12. The van der Waals surface area contributed by atoms with Gasteiger partial charge in [-0.15, -0.1) is 0 Å². The maximum absolute atomic E-state index is 12.4. The zero-order chi connectivity index (χ0) is 17.1. The summed E-state index contributed by atoms with van der Waals surface area (Å²) in [5.41, 5.74) is 1.05. The lowest BCUT2D eigenvalue weighted by molar-refractivity contribution is 0.0658. The van der Waals surface area contributed by atoms with Gasteiger partial charge in [0.15, 0.2) is 0 Å². The van der Waals surface area contributed by atoms with Crippen LogP contribution >= 0.6 is 23.2 Å². The molecular formula is C16H17Cl2N5O. The molecule has 3 rings (SSSR count). The molecule has 1 amide bonds. The number of aromatic nitrogens is 2. The molecule has 0 spiro atoms. The van der Waals surface area contributed by atoms with E-state index in [1.165, 1.54) is 12.4 Å². The van der Waals surface area contributed by atoms with Crippen LogP contribution < -0.4 is 5.32 Å². The number of carbonyl (C=O) groups excluding carboxylic acids is 1. The van der Waals surface area contributed by atoms with Crippen LogP contribution in [0.25, 0.3) is 0 Å². The van der Waals surface area contributed by atoms with Gasteiger partial charge in [-0.2, -0.15) is 0 Å². The van der Waals surface area contributed by atoms with Crippen LogP contribution in [-0.2, 0) is 0 Å². The predicted molar refractivity (Wildman–Crippen MR) is 95.2 cm³/mol. The van der Waals surface area contributed by atoms with E-state index in [4.69, 9.17) is 23.2 Å². The first kappa shape index (κ1) is 17.0. The second kappa shape index (κ2) is 7.34. The Morgan fingerprint density at radius 1 is 1.04 bits per heavy atom. The first-order chi connectivity index (χ1) is 11.5. The van der Waals surface area contributed by atoms with Crippen molar-refractivity contribution in [3.05, 3.63) is 46.3 Å². The Balaban J connectivity index is 1.67. The molecule has 0 unspecified atom stereocenters. The summed E-state index contributed by atoms with van der Waals surface area (Å²) < 4.78 is 0. The Morgan fingerprint density at radius 3 is 2.29 bits per heavy atom. The molecule has 1 aliphatic heterocycles. The molecular weight excluding hydrogens is 349 g/mol. The molecule has 0 bridgehead atoms. The van der Waals surface area contributed by atoms with Gasteiger partial charge in [0.2, 0.25) is 0 Å². The number of nitrogens with zero attached hydrogens (tertiary/aromatic N) is 4. The molecule has 0 radical (unpaired) electrons. The molecule has 1 aromatic carbocycles. The fourth-order valence-electron chi connectivity index (χ4n) is 2.45. The van der Waals surface area contributed by atoms with E-state index in [9.17, 15) is 4.79 Å². The Bertz CT molecular complexity index is 709. The summed E-state index contributed by atoms with van der Waals surface area (Å²) >= 11 is 11.9. The highest BCUT2D eigenvalue weighted by Crippen LogP contribution is 2.24. The number of benzene rings is 1. The Labute approximate surface area is 150 Å². The van der Waals surface area contributed by atoms with E-state index in [0.717, 1.165) is 13.1 Å². The monoisotopic (exact) mass is 365 g/mol. The van der Waals surface area contributed by atoms with Crippen molar-refractivity contribution >= 4 is 40.6 Å². The van der Waals surface area contributed by atoms with Crippen LogP contribution in [0.3, 0.4) is 0 Å². The summed E-state index contributed by atoms with van der Waals surface area (Å²) in [7, 11) is 2.05. The van der Waals surface area contributed by atoms with Crippen LogP contribution in [0.5, 0.6) is 0 Å². The van der Waals surface area contributed by atoms with Gasteiger partial charge in [-0.25, -0.2) is 9.97 Å². The van der Waals surface area contributed by atoms with Crippen LogP contribution in [-0.4, -0.2) is 58.9 Å². The molecule has 2 aromatic rings. The fraction of sp³-hybridized carbons (Fsp3) is 0.312. The molecule has 8 heteroatoms. The maximum Gasteiger partial charge on any atom is 0.274 e. The van der Waals surface area contributed by atoms with E-state index in [-0.39, 0.29) is 5.91 Å². The molecule has 0 saturated carbocycles. The van der Waals surface area contributed by atoms with Gasteiger partial charge in [-0.3, -0.25) is 4.79 Å². The van der Waals surface area contributed by atoms with Crippen LogP contribution in [0, 0.1) is 0 Å². The van der Waals surface area contributed by atoms with Gasteiger partial charge in [-0.1, -0.05) is 23.2 Å². The highest BCUT2D eigenvalue weighted by Gasteiger charge is 2.21. The predicted octanol–water partition coefficient (Wildman–Crippen LogP) is 2.91. The van der Waals surface area contributed by atoms with Gasteiger partial charge >= 0.3 is 0 Å². The zero-order valence-electron chi connectivity index (χ0n) is 13.2. The molecule has 0 aliphatic carbocycles. The molecule has 1 aromatic heterocycles. The minimum atomic E-state index is -0.0899. The minimum Gasteiger partial charge on any atom is -0.339 e. The van der Waals surface area contributed by atoms with Crippen molar-refractivity contribution in [3.63, 3.8) is 0 Å². The van der Waals surface area contributed by atoms with Crippen molar-refractivity contribution in [2.45, 2.75) is 0 Å². The van der Waals surface area contributed by atoms with E-state index in [1.807, 2.05) is 7.05 Å². The molecule has 1 saturated heterocycles. The number of carbonyl (C=O) groups is 1. The van der Waals surface area contributed by atoms with Crippen molar-refractivity contribution < 1.29 is 4.79 Å². The number of nitrogens with one attached hydrogen (secondary N) is 1. The molecule has 24 heavy (non-hydrogen) atoms. The molecule has 126 valence electrons. The van der Waals surface area contributed by atoms with Gasteiger partial charge in [0, 0.05) is 41.9 Å². The van der Waals surface area contributed by atoms with Gasteiger partial charge in [0.25, 0.3) is 5.91 Å². The lowest BCUT2D eigenvalue weighted by atomic mass is 10.3. The number of rotatable bonds is 3. The third-order valence-corrected chi connectivity index (χ3v) is 4.23. The van der Waals surface area contributed by atoms with Crippen molar-refractivity contribution in [1.82, 2.24) is 19.8 Å². The van der Waals surface area contributed by atoms with Gasteiger partial charge in [0.1, 0.15) is 11.5 Å². The third kappa shape index (κ3) is 4.14. The molecule has 1 aliphatic rings. The van der Waals surface area contributed by atoms with E-state index >= 15 is 0 Å². The highest BCUT2D eigenvalue weighted by molar-refractivity contribution is 6.35. The average Bonchev–Trinajstić information content (AvgIpc) is 2.55. The maximum atomic E-state index is 12.4. The Morgan fingerprint density at radius 2 is 1.71 bits per heavy atom. The second-order valence-electron chi connectivity index (χ2n) is 5.67. The minimum absolute atomic E-state index is 0.0899. The average molecular weight is 366 g/mol. The van der Waals surface area contributed by atoms with E-state index in [1.54, 1.807) is 23.1 Å². The topological polar surface area (TPSA) is 61.4 Å². The number of likely N-dealkylation sites (N-methyl/N-ethyl adjacent to an activating group) is 1. The normalized spacial score (nSPS) is 15.4. The van der Waals surface area contributed by atoms with E-state index in [2.05, 4.69) is 20.2 Å². The van der Waals surface area contributed by atoms with Crippen molar-refractivity contribution in [2.75, 3.05) is 38.5 Å². The van der Waals surface area contributed by atoms with E-state index in [0.29, 0.717) is 40.3 Å². The van der Waals surface area contributed by atoms with Crippen LogP contribution in [0.15, 0.2) is 30.6 Å².